The van der Waals surface area contributed by atoms with Gasteiger partial charge in [-0.15, -0.1) is 0 Å². The van der Waals surface area contributed by atoms with Crippen LogP contribution in [0.25, 0.3) is 49.7 Å². The van der Waals surface area contributed by atoms with Crippen molar-refractivity contribution >= 4 is 57.3 Å². The molecule has 268 valence electrons. The Morgan fingerprint density at radius 1 is 0.446 bits per heavy atom. The van der Waals surface area contributed by atoms with Gasteiger partial charge in [-0.3, -0.25) is 13.9 Å². The Bertz CT molecular complexity index is 3040. The monoisotopic (exact) mass is 739 g/mol. The highest BCUT2D eigenvalue weighted by atomic mass is 31.2. The van der Waals surface area contributed by atoms with Gasteiger partial charge in [-0.2, -0.15) is 0 Å². The molecule has 1 unspecified atom stereocenters. The fraction of sp³-hybridized carbons (Fsp3) is 0.0588. The fourth-order valence-corrected chi connectivity index (χ4v) is 12.4. The molecular weight excluding hydrogens is 702 g/mol. The van der Waals surface area contributed by atoms with E-state index in [2.05, 4.69) is 173 Å². The van der Waals surface area contributed by atoms with E-state index >= 15 is 4.57 Å². The number of rotatable bonds is 5. The first-order valence-electron chi connectivity index (χ1n) is 19.2. The number of hydrogen-bond acceptors (Lipinski definition) is 1. The smallest absolute Gasteiger partial charge is 0.301 e. The third kappa shape index (κ3) is 4.57. The van der Waals surface area contributed by atoms with Crippen LogP contribution in [0.5, 0.6) is 0 Å². The maximum absolute atomic E-state index is 16.8. The normalized spacial score (nSPS) is 16.6. The summed E-state index contributed by atoms with van der Waals surface area (Å²) < 4.78 is 23.4. The number of aromatic nitrogens is 1. The summed E-state index contributed by atoms with van der Waals surface area (Å²) in [5.41, 5.74) is 14.0. The maximum Gasteiger partial charge on any atom is 0.301 e. The van der Waals surface area contributed by atoms with Crippen molar-refractivity contribution < 1.29 is 4.57 Å². The van der Waals surface area contributed by atoms with Gasteiger partial charge in [0, 0.05) is 33.1 Å². The second kappa shape index (κ2) is 12.2. The van der Waals surface area contributed by atoms with Gasteiger partial charge in [-0.05, 0) is 101 Å². The molecule has 1 atom stereocenters. The molecule has 2 aliphatic rings. The van der Waals surface area contributed by atoms with E-state index in [0.717, 1.165) is 55.9 Å². The first-order valence-corrected chi connectivity index (χ1v) is 20.8. The van der Waals surface area contributed by atoms with Crippen LogP contribution in [0.4, 0.5) is 22.7 Å². The first kappa shape index (κ1) is 32.8. The van der Waals surface area contributed by atoms with Crippen LogP contribution in [0.1, 0.15) is 25.0 Å². The zero-order valence-electron chi connectivity index (χ0n) is 31.2. The molecule has 0 radical (unpaired) electrons. The van der Waals surface area contributed by atoms with E-state index in [-0.39, 0.29) is 5.41 Å². The molecule has 0 bridgehead atoms. The molecule has 8 aromatic carbocycles. The van der Waals surface area contributed by atoms with Gasteiger partial charge in [-0.1, -0.05) is 135 Å². The van der Waals surface area contributed by atoms with Crippen LogP contribution < -0.4 is 14.6 Å². The van der Waals surface area contributed by atoms with Crippen molar-refractivity contribution in [2.45, 2.75) is 19.3 Å². The summed E-state index contributed by atoms with van der Waals surface area (Å²) in [5, 5.41) is 3.18. The minimum absolute atomic E-state index is 0.202. The van der Waals surface area contributed by atoms with Crippen LogP contribution in [-0.4, -0.2) is 4.57 Å². The Balaban J connectivity index is 1.17. The number of nitrogens with zero attached hydrogens (tertiary/aromatic N) is 3. The molecule has 0 saturated heterocycles. The number of anilines is 4. The molecular formula is C51H38N3OP. The van der Waals surface area contributed by atoms with Crippen molar-refractivity contribution in [2.24, 2.45) is 0 Å². The maximum atomic E-state index is 16.8. The van der Waals surface area contributed by atoms with Crippen LogP contribution in [-0.2, 0) is 9.98 Å². The molecule has 0 spiro atoms. The third-order valence-electron chi connectivity index (χ3n) is 11.9. The van der Waals surface area contributed by atoms with Gasteiger partial charge in [0.05, 0.1) is 33.4 Å². The van der Waals surface area contributed by atoms with Gasteiger partial charge < -0.3 is 4.57 Å². The van der Waals surface area contributed by atoms with Crippen LogP contribution in [0, 0.1) is 0 Å². The van der Waals surface area contributed by atoms with Crippen LogP contribution >= 0.6 is 7.44 Å². The van der Waals surface area contributed by atoms with Gasteiger partial charge in [0.15, 0.2) is 0 Å². The quantitative estimate of drug-likeness (QED) is 0.165. The average Bonchev–Trinajstić information content (AvgIpc) is 3.81. The second-order valence-electron chi connectivity index (χ2n) is 15.3. The number of para-hydroxylation sites is 3. The molecule has 11 rings (SSSR count). The Hall–Kier alpha value is -6.61. The zero-order chi connectivity index (χ0) is 37.6. The first-order chi connectivity index (χ1) is 27.4. The number of hydrogen-bond donors (Lipinski definition) is 0. The highest BCUT2D eigenvalue weighted by molar-refractivity contribution is 7.76. The molecule has 9 aromatic rings. The van der Waals surface area contributed by atoms with E-state index in [1.807, 2.05) is 48.5 Å². The summed E-state index contributed by atoms with van der Waals surface area (Å²) >= 11 is 0. The summed E-state index contributed by atoms with van der Waals surface area (Å²) in [5.74, 6) is 0. The number of fused-ring (bicyclic) bond motifs is 7. The van der Waals surface area contributed by atoms with E-state index < -0.39 is 7.44 Å². The summed E-state index contributed by atoms with van der Waals surface area (Å²) in [4.78, 5) is 0. The van der Waals surface area contributed by atoms with Crippen molar-refractivity contribution in [3.8, 4) is 27.9 Å². The Morgan fingerprint density at radius 2 is 1.05 bits per heavy atom. The summed E-state index contributed by atoms with van der Waals surface area (Å²) in [7, 11) is -3.60. The van der Waals surface area contributed by atoms with Gasteiger partial charge in [0.2, 0.25) is 0 Å². The molecule has 2 heterocycles. The zero-order valence-corrected chi connectivity index (χ0v) is 32.1. The highest BCUT2D eigenvalue weighted by Gasteiger charge is 2.51. The molecule has 56 heavy (non-hydrogen) atoms. The molecule has 1 aliphatic heterocycles. The molecule has 0 N–H and O–H groups in total. The summed E-state index contributed by atoms with van der Waals surface area (Å²) in [6.07, 6.45) is 0. The molecule has 1 aromatic heterocycles. The second-order valence-corrected chi connectivity index (χ2v) is 17.7. The standard InChI is InChI=1S/C51H38N3OP/c1-51(2)43-25-14-12-24-41(43)50-44(51)26-16-28-48(50)54-47-32-30-36(34-49(47)53(38-19-8-4-9-20-38)56(54,55)39-21-10-5-11-22-39)35-29-31-46-42(33-35)40-23-13-15-27-45(40)52(46)37-17-6-3-7-18-37/h3-34H,1-2H3. The predicted octanol–water partition coefficient (Wildman–Crippen LogP) is 13.6. The lowest BCUT2D eigenvalue weighted by Crippen LogP contribution is -2.26. The fourth-order valence-electron chi connectivity index (χ4n) is 9.35. The van der Waals surface area contributed by atoms with Crippen LogP contribution in [0.2, 0.25) is 0 Å². The lowest BCUT2D eigenvalue weighted by atomic mass is 9.82. The molecule has 4 nitrogen and oxygen atoms in total. The van der Waals surface area contributed by atoms with Crippen molar-refractivity contribution in [3.05, 3.63) is 205 Å². The summed E-state index contributed by atoms with van der Waals surface area (Å²) in [6, 6.07) is 68.2. The van der Waals surface area contributed by atoms with E-state index in [9.17, 15) is 0 Å². The van der Waals surface area contributed by atoms with Crippen molar-refractivity contribution in [3.63, 3.8) is 0 Å². The van der Waals surface area contributed by atoms with Gasteiger partial charge in [0.25, 0.3) is 0 Å². The average molecular weight is 740 g/mol. The van der Waals surface area contributed by atoms with Crippen LogP contribution in [0.15, 0.2) is 194 Å². The van der Waals surface area contributed by atoms with E-state index in [4.69, 9.17) is 0 Å². The third-order valence-corrected chi connectivity index (χ3v) is 14.8. The van der Waals surface area contributed by atoms with Crippen molar-refractivity contribution in [2.75, 3.05) is 9.34 Å². The molecule has 0 amide bonds. The summed E-state index contributed by atoms with van der Waals surface area (Å²) in [6.45, 7) is 4.60. The number of benzene rings is 8. The van der Waals surface area contributed by atoms with Gasteiger partial charge >= 0.3 is 7.44 Å². The molecule has 0 fully saturated rings. The predicted molar refractivity (Wildman–Crippen MR) is 235 cm³/mol. The largest absolute Gasteiger partial charge is 0.309 e. The Kier molecular flexibility index (Phi) is 7.14. The SMILES string of the molecule is CC1(C)c2ccccc2-c2c(N3c4ccc(-c5ccc6c(c5)c5ccccc5n6-c5ccccc5)cc4N(c4ccccc4)P3(=O)c3ccccc3)cccc21. The minimum atomic E-state index is -3.60. The minimum Gasteiger partial charge on any atom is -0.309 e. The van der Waals surface area contributed by atoms with Crippen LogP contribution in [0.3, 0.4) is 0 Å². The topological polar surface area (TPSA) is 28.5 Å². The Labute approximate surface area is 327 Å². The van der Waals surface area contributed by atoms with Gasteiger partial charge in [-0.25, -0.2) is 0 Å². The molecule has 1 aliphatic carbocycles. The van der Waals surface area contributed by atoms with E-state index in [1.165, 1.54) is 33.0 Å². The van der Waals surface area contributed by atoms with Crippen molar-refractivity contribution in [1.82, 2.24) is 4.57 Å². The highest BCUT2D eigenvalue weighted by Crippen LogP contribution is 2.72. The lowest BCUT2D eigenvalue weighted by Gasteiger charge is -2.34. The van der Waals surface area contributed by atoms with Crippen molar-refractivity contribution in [1.29, 1.82) is 0 Å². The van der Waals surface area contributed by atoms with Gasteiger partial charge in [0.1, 0.15) is 0 Å². The molecule has 5 heteroatoms. The molecule has 0 saturated carbocycles. The van der Waals surface area contributed by atoms with E-state index in [0.29, 0.717) is 0 Å². The van der Waals surface area contributed by atoms with E-state index in [1.54, 1.807) is 0 Å². The Morgan fingerprint density at radius 3 is 1.84 bits per heavy atom. The lowest BCUT2D eigenvalue weighted by molar-refractivity contribution is 0.582.